The van der Waals surface area contributed by atoms with Crippen LogP contribution in [-0.2, 0) is 0 Å². The van der Waals surface area contributed by atoms with Crippen LogP contribution >= 0.6 is 0 Å². The van der Waals surface area contributed by atoms with E-state index in [4.69, 9.17) is 0 Å². The van der Waals surface area contributed by atoms with E-state index in [2.05, 4.69) is 6.92 Å². The molecule has 0 N–H and O–H groups in total. The fourth-order valence-corrected chi connectivity index (χ4v) is 1.23. The third-order valence-corrected chi connectivity index (χ3v) is 1.96. The molecule has 0 saturated heterocycles. The third-order valence-electron chi connectivity index (χ3n) is 1.96. The maximum atomic E-state index is 10.7. The summed E-state index contributed by atoms with van der Waals surface area (Å²) in [5.41, 5.74) is 0. The first-order valence-electron chi connectivity index (χ1n) is 3.45. The molecule has 1 saturated carbocycles. The molecule has 2 heteroatoms. The minimum absolute atomic E-state index is 0. The first-order chi connectivity index (χ1) is 3.79. The molecular weight excluding hydrogens is 139 g/mol. The molecule has 0 aliphatic heterocycles. The molecular formula is C7H13KO. The van der Waals surface area contributed by atoms with Crippen molar-refractivity contribution in [3.63, 3.8) is 0 Å². The summed E-state index contributed by atoms with van der Waals surface area (Å²) in [6.45, 7) is 2.23. The van der Waals surface area contributed by atoms with Crippen LogP contribution < -0.4 is 56.5 Å². The molecule has 1 nitrogen and oxygen atoms in total. The van der Waals surface area contributed by atoms with E-state index in [1.807, 2.05) is 0 Å². The van der Waals surface area contributed by atoms with Crippen LogP contribution in [0.3, 0.4) is 0 Å². The standard InChI is InChI=1S/C7H13O.K/c1-6-2-4-7(8)5-3-6;/h6-7H,2-5H2,1H3;/q-1;+1. The summed E-state index contributed by atoms with van der Waals surface area (Å²) >= 11 is 0. The zero-order valence-corrected chi connectivity index (χ0v) is 9.51. The van der Waals surface area contributed by atoms with E-state index in [9.17, 15) is 5.11 Å². The van der Waals surface area contributed by atoms with Crippen molar-refractivity contribution >= 4 is 0 Å². The molecule has 1 aliphatic carbocycles. The van der Waals surface area contributed by atoms with Crippen LogP contribution in [0.25, 0.3) is 0 Å². The van der Waals surface area contributed by atoms with E-state index in [0.717, 1.165) is 31.6 Å². The minimum atomic E-state index is -0.230. The fraction of sp³-hybridized carbons (Fsp3) is 1.00. The van der Waals surface area contributed by atoms with Gasteiger partial charge in [-0.15, -0.1) is 6.10 Å². The summed E-state index contributed by atoms with van der Waals surface area (Å²) in [7, 11) is 0. The number of rotatable bonds is 0. The molecule has 1 aliphatic rings. The third kappa shape index (κ3) is 4.12. The minimum Gasteiger partial charge on any atom is -0.852 e. The van der Waals surface area contributed by atoms with Crippen LogP contribution in [0.15, 0.2) is 0 Å². The van der Waals surface area contributed by atoms with Gasteiger partial charge in [0.25, 0.3) is 0 Å². The predicted octanol–water partition coefficient (Wildman–Crippen LogP) is -2.07. The molecule has 1 fully saturated rings. The quantitative estimate of drug-likeness (QED) is 0.366. The Morgan fingerprint density at radius 3 is 1.89 bits per heavy atom. The van der Waals surface area contributed by atoms with Gasteiger partial charge in [0, 0.05) is 0 Å². The number of hydrogen-bond donors (Lipinski definition) is 0. The van der Waals surface area contributed by atoms with Gasteiger partial charge in [-0.2, -0.15) is 0 Å². The first kappa shape index (κ1) is 10.6. The second-order valence-electron chi connectivity index (χ2n) is 2.88. The van der Waals surface area contributed by atoms with Crippen molar-refractivity contribution in [2.24, 2.45) is 5.92 Å². The van der Waals surface area contributed by atoms with Crippen molar-refractivity contribution in [3.05, 3.63) is 0 Å². The van der Waals surface area contributed by atoms with Crippen LogP contribution in [0.2, 0.25) is 0 Å². The van der Waals surface area contributed by atoms with Gasteiger partial charge in [-0.25, -0.2) is 0 Å². The molecule has 0 atom stereocenters. The maximum absolute atomic E-state index is 10.7. The van der Waals surface area contributed by atoms with Gasteiger partial charge in [0.05, 0.1) is 0 Å². The van der Waals surface area contributed by atoms with E-state index < -0.39 is 0 Å². The molecule has 0 aromatic heterocycles. The Morgan fingerprint density at radius 2 is 1.56 bits per heavy atom. The van der Waals surface area contributed by atoms with Crippen molar-refractivity contribution in [2.45, 2.75) is 38.7 Å². The average Bonchev–Trinajstić information content (AvgIpc) is 1.77. The maximum Gasteiger partial charge on any atom is 1.00 e. The van der Waals surface area contributed by atoms with Gasteiger partial charge in [0.2, 0.25) is 0 Å². The summed E-state index contributed by atoms with van der Waals surface area (Å²) < 4.78 is 0. The van der Waals surface area contributed by atoms with Gasteiger partial charge in [0.15, 0.2) is 0 Å². The second-order valence-corrected chi connectivity index (χ2v) is 2.88. The van der Waals surface area contributed by atoms with Crippen LogP contribution in [-0.4, -0.2) is 6.10 Å². The van der Waals surface area contributed by atoms with Crippen molar-refractivity contribution in [2.75, 3.05) is 0 Å². The van der Waals surface area contributed by atoms with Crippen LogP contribution in [0.1, 0.15) is 32.6 Å². The molecule has 9 heavy (non-hydrogen) atoms. The second kappa shape index (κ2) is 5.27. The van der Waals surface area contributed by atoms with Crippen LogP contribution in [0.5, 0.6) is 0 Å². The summed E-state index contributed by atoms with van der Waals surface area (Å²) in [6, 6.07) is 0. The van der Waals surface area contributed by atoms with Gasteiger partial charge in [-0.05, 0) is 5.92 Å². The van der Waals surface area contributed by atoms with Crippen LogP contribution in [0, 0.1) is 5.92 Å². The van der Waals surface area contributed by atoms with Crippen molar-refractivity contribution in [3.8, 4) is 0 Å². The van der Waals surface area contributed by atoms with E-state index in [-0.39, 0.29) is 57.5 Å². The molecule has 0 aromatic carbocycles. The topological polar surface area (TPSA) is 23.1 Å². The summed E-state index contributed by atoms with van der Waals surface area (Å²) in [4.78, 5) is 0. The van der Waals surface area contributed by atoms with Crippen LogP contribution in [0.4, 0.5) is 0 Å². The van der Waals surface area contributed by atoms with E-state index in [1.165, 1.54) is 0 Å². The zero-order chi connectivity index (χ0) is 5.98. The predicted molar refractivity (Wildman–Crippen MR) is 31.4 cm³/mol. The summed E-state index contributed by atoms with van der Waals surface area (Å²) in [5.74, 6) is 0.820. The first-order valence-corrected chi connectivity index (χ1v) is 3.45. The Balaban J connectivity index is 0.000000640. The average molecular weight is 152 g/mol. The van der Waals surface area contributed by atoms with E-state index >= 15 is 0 Å². The van der Waals surface area contributed by atoms with Gasteiger partial charge < -0.3 is 5.11 Å². The fourth-order valence-electron chi connectivity index (χ4n) is 1.23. The van der Waals surface area contributed by atoms with Gasteiger partial charge >= 0.3 is 51.4 Å². The largest absolute Gasteiger partial charge is 1.00 e. The smallest absolute Gasteiger partial charge is 0.852 e. The Hall–Kier alpha value is 1.60. The van der Waals surface area contributed by atoms with Crippen molar-refractivity contribution in [1.82, 2.24) is 0 Å². The molecule has 0 bridgehead atoms. The molecule has 48 valence electrons. The monoisotopic (exact) mass is 152 g/mol. The van der Waals surface area contributed by atoms with E-state index in [1.54, 1.807) is 0 Å². The van der Waals surface area contributed by atoms with Gasteiger partial charge in [-0.3, -0.25) is 0 Å². The molecule has 0 radical (unpaired) electrons. The van der Waals surface area contributed by atoms with Crippen molar-refractivity contribution < 1.29 is 56.5 Å². The number of hydrogen-bond acceptors (Lipinski definition) is 1. The zero-order valence-electron chi connectivity index (χ0n) is 6.39. The van der Waals surface area contributed by atoms with Crippen molar-refractivity contribution in [1.29, 1.82) is 0 Å². The Bertz CT molecular complexity index is 57.3. The van der Waals surface area contributed by atoms with E-state index in [0.29, 0.717) is 0 Å². The molecule has 0 aromatic rings. The van der Waals surface area contributed by atoms with Gasteiger partial charge in [0.1, 0.15) is 0 Å². The Kier molecular flexibility index (Phi) is 6.21. The molecule has 0 spiro atoms. The normalized spacial score (nSPS) is 35.3. The Labute approximate surface area is 99.6 Å². The summed E-state index contributed by atoms with van der Waals surface area (Å²) in [5, 5.41) is 10.7. The molecule has 0 unspecified atom stereocenters. The van der Waals surface area contributed by atoms with Gasteiger partial charge in [-0.1, -0.05) is 32.6 Å². The molecule has 0 heterocycles. The molecule has 1 rings (SSSR count). The molecule has 0 amide bonds. The Morgan fingerprint density at radius 1 is 1.11 bits per heavy atom. The SMILES string of the molecule is CC1CCC([O-])CC1.[K+]. The summed E-state index contributed by atoms with van der Waals surface area (Å²) in [6.07, 6.45) is 3.93.